The molecule has 3 nitrogen and oxygen atoms in total. The summed E-state index contributed by atoms with van der Waals surface area (Å²) in [5.74, 6) is -1.49. The van der Waals surface area contributed by atoms with Crippen molar-refractivity contribution in [2.24, 2.45) is 0 Å². The first-order chi connectivity index (χ1) is 5.25. The van der Waals surface area contributed by atoms with Crippen molar-refractivity contribution in [1.82, 2.24) is 0 Å². The molecule has 1 aromatic rings. The maximum absolute atomic E-state index is 11.6. The van der Waals surface area contributed by atoms with Crippen LogP contribution in [0.1, 0.15) is 10.4 Å². The molecule has 0 saturated heterocycles. The quantitative estimate of drug-likeness (QED) is 0.708. The maximum atomic E-state index is 11.6. The van der Waals surface area contributed by atoms with Gasteiger partial charge in [0, 0.05) is 4.53 Å². The zero-order valence-corrected chi connectivity index (χ0v) is 5.45. The highest BCUT2D eigenvalue weighted by Crippen LogP contribution is 2.17. The van der Waals surface area contributed by atoms with E-state index >= 15 is 0 Å². The molecule has 0 bridgehead atoms. The van der Waals surface area contributed by atoms with Crippen LogP contribution in [0.3, 0.4) is 0 Å². The van der Waals surface area contributed by atoms with Crippen LogP contribution in [0, 0.1) is 0 Å². The van der Waals surface area contributed by atoms with Gasteiger partial charge in [-0.3, -0.25) is 4.94 Å². The largest absolute Gasteiger partial charge is 0.478 e. The van der Waals surface area contributed by atoms with E-state index in [0.717, 1.165) is 0 Å². The number of hydrogen-bond donors (Lipinski definition) is 1. The molecule has 0 fully saturated rings. The van der Waals surface area contributed by atoms with Gasteiger partial charge in [0.05, 0.1) is 0 Å². The fourth-order valence-electron chi connectivity index (χ4n) is 0.711. The van der Waals surface area contributed by atoms with Crippen molar-refractivity contribution in [2.45, 2.75) is 0 Å². The van der Waals surface area contributed by atoms with E-state index in [2.05, 4.69) is 4.94 Å². The van der Waals surface area contributed by atoms with E-state index in [1.807, 2.05) is 0 Å². The Balaban J connectivity index is 3.12. The third-order valence-corrected chi connectivity index (χ3v) is 1.20. The average molecular weight is 156 g/mol. The Morgan fingerprint density at radius 1 is 1.45 bits per heavy atom. The first-order valence-electron chi connectivity index (χ1n) is 2.86. The molecule has 0 amide bonds. The second kappa shape index (κ2) is 3.01. The van der Waals surface area contributed by atoms with E-state index in [0.29, 0.717) is 0 Å². The van der Waals surface area contributed by atoms with Gasteiger partial charge >= 0.3 is 5.97 Å². The molecule has 0 radical (unpaired) electrons. The molecular weight excluding hydrogens is 151 g/mol. The predicted octanol–water partition coefficient (Wildman–Crippen LogP) is 1.65. The second-order valence-electron chi connectivity index (χ2n) is 1.88. The monoisotopic (exact) mass is 156 g/mol. The fourth-order valence-corrected chi connectivity index (χ4v) is 0.711. The number of carbonyl (C=O) groups is 1. The van der Waals surface area contributed by atoms with Crippen LogP contribution in [0.5, 0.6) is 5.75 Å². The summed E-state index contributed by atoms with van der Waals surface area (Å²) in [6.07, 6.45) is 0. The standard InChI is InChI=1S/C7H5FO3/c8-11-6-4-2-1-3-5(6)7(9)10/h1-4H,(H,9,10). The van der Waals surface area contributed by atoms with Crippen LogP contribution >= 0.6 is 0 Å². The Labute approximate surface area is 61.9 Å². The normalized spacial score (nSPS) is 9.18. The number of rotatable bonds is 2. The van der Waals surface area contributed by atoms with Crippen molar-refractivity contribution in [3.05, 3.63) is 29.8 Å². The van der Waals surface area contributed by atoms with Crippen LogP contribution in [0.2, 0.25) is 0 Å². The Morgan fingerprint density at radius 3 is 2.55 bits per heavy atom. The molecule has 0 saturated carbocycles. The zero-order valence-electron chi connectivity index (χ0n) is 5.45. The summed E-state index contributed by atoms with van der Waals surface area (Å²) in [4.78, 5) is 13.7. The zero-order chi connectivity index (χ0) is 8.27. The number of benzene rings is 1. The third-order valence-electron chi connectivity index (χ3n) is 1.20. The van der Waals surface area contributed by atoms with Crippen LogP contribution in [0.15, 0.2) is 24.3 Å². The molecule has 0 spiro atoms. The van der Waals surface area contributed by atoms with Crippen LogP contribution in [0.25, 0.3) is 0 Å². The number of halogens is 1. The lowest BCUT2D eigenvalue weighted by Gasteiger charge is -1.97. The van der Waals surface area contributed by atoms with Crippen molar-refractivity contribution >= 4 is 5.97 Å². The topological polar surface area (TPSA) is 46.5 Å². The highest BCUT2D eigenvalue weighted by atomic mass is 19.3. The number of carboxylic acids is 1. The number of carboxylic acid groups (broad SMARTS) is 1. The first-order valence-corrected chi connectivity index (χ1v) is 2.86. The summed E-state index contributed by atoms with van der Waals surface area (Å²) >= 11 is 0. The molecule has 0 aliphatic heterocycles. The fraction of sp³-hybridized carbons (Fsp3) is 0. The summed E-state index contributed by atoms with van der Waals surface area (Å²) in [7, 11) is 0. The van der Waals surface area contributed by atoms with Gasteiger partial charge in [-0.15, -0.1) is 0 Å². The molecule has 1 aromatic carbocycles. The van der Waals surface area contributed by atoms with Gasteiger partial charge < -0.3 is 5.11 Å². The lowest BCUT2D eigenvalue weighted by Crippen LogP contribution is -1.97. The van der Waals surface area contributed by atoms with Crippen LogP contribution in [0.4, 0.5) is 4.53 Å². The molecule has 4 heteroatoms. The third kappa shape index (κ3) is 1.46. The average Bonchev–Trinajstić information content (AvgIpc) is 2.04. The molecule has 0 unspecified atom stereocenters. The van der Waals surface area contributed by atoms with Gasteiger partial charge in [-0.1, -0.05) is 12.1 Å². The Kier molecular flexibility index (Phi) is 2.06. The van der Waals surface area contributed by atoms with Crippen molar-refractivity contribution in [2.75, 3.05) is 0 Å². The highest BCUT2D eigenvalue weighted by Gasteiger charge is 2.09. The van der Waals surface area contributed by atoms with Crippen molar-refractivity contribution in [3.63, 3.8) is 0 Å². The first kappa shape index (κ1) is 7.53. The van der Waals surface area contributed by atoms with E-state index in [4.69, 9.17) is 5.11 Å². The molecule has 0 atom stereocenters. The lowest BCUT2D eigenvalue weighted by atomic mass is 10.2. The van der Waals surface area contributed by atoms with E-state index in [9.17, 15) is 9.32 Å². The van der Waals surface area contributed by atoms with Crippen molar-refractivity contribution < 1.29 is 19.4 Å². The molecule has 11 heavy (non-hydrogen) atoms. The second-order valence-corrected chi connectivity index (χ2v) is 1.88. The van der Waals surface area contributed by atoms with Gasteiger partial charge in [0.2, 0.25) is 0 Å². The minimum atomic E-state index is -1.21. The van der Waals surface area contributed by atoms with Crippen molar-refractivity contribution in [3.8, 4) is 5.75 Å². The van der Waals surface area contributed by atoms with Crippen LogP contribution < -0.4 is 4.94 Å². The van der Waals surface area contributed by atoms with Gasteiger partial charge in [-0.05, 0) is 12.1 Å². The maximum Gasteiger partial charge on any atom is 0.339 e. The summed E-state index contributed by atoms with van der Waals surface area (Å²) in [5.41, 5.74) is -0.185. The molecular formula is C7H5FO3. The Morgan fingerprint density at radius 2 is 2.09 bits per heavy atom. The Hall–Kier alpha value is -1.58. The predicted molar refractivity (Wildman–Crippen MR) is 35.1 cm³/mol. The summed E-state index contributed by atoms with van der Waals surface area (Å²) in [5, 5.41) is 8.45. The smallest absolute Gasteiger partial charge is 0.339 e. The molecule has 0 heterocycles. The van der Waals surface area contributed by atoms with Crippen molar-refractivity contribution in [1.29, 1.82) is 0 Å². The van der Waals surface area contributed by atoms with Gasteiger partial charge in [0.25, 0.3) is 0 Å². The van der Waals surface area contributed by atoms with E-state index in [-0.39, 0.29) is 11.3 Å². The number of para-hydroxylation sites is 1. The Bertz CT molecular complexity index is 272. The van der Waals surface area contributed by atoms with Gasteiger partial charge in [0.15, 0.2) is 5.75 Å². The molecule has 58 valence electrons. The summed E-state index contributed by atoms with van der Waals surface area (Å²) < 4.78 is 11.6. The van der Waals surface area contributed by atoms with E-state index in [1.165, 1.54) is 24.3 Å². The number of hydrogen-bond acceptors (Lipinski definition) is 2. The summed E-state index contributed by atoms with van der Waals surface area (Å²) in [6, 6.07) is 5.48. The van der Waals surface area contributed by atoms with Gasteiger partial charge in [-0.25, -0.2) is 4.79 Å². The van der Waals surface area contributed by atoms with Gasteiger partial charge in [-0.2, -0.15) is 0 Å². The minimum absolute atomic E-state index is 0.185. The van der Waals surface area contributed by atoms with Gasteiger partial charge in [0.1, 0.15) is 5.56 Å². The molecule has 1 rings (SSSR count). The minimum Gasteiger partial charge on any atom is -0.478 e. The van der Waals surface area contributed by atoms with Crippen LogP contribution in [-0.2, 0) is 0 Å². The molecule has 0 aliphatic rings. The molecule has 0 aromatic heterocycles. The summed E-state index contributed by atoms with van der Waals surface area (Å²) in [6.45, 7) is 0. The number of aromatic carboxylic acids is 1. The lowest BCUT2D eigenvalue weighted by molar-refractivity contribution is -0.00781. The van der Waals surface area contributed by atoms with Crippen LogP contribution in [-0.4, -0.2) is 11.1 Å². The molecule has 0 aliphatic carbocycles. The SMILES string of the molecule is O=C(O)c1ccccc1OF. The van der Waals surface area contributed by atoms with E-state index < -0.39 is 5.97 Å². The van der Waals surface area contributed by atoms with E-state index in [1.54, 1.807) is 0 Å². The molecule has 1 N–H and O–H groups in total. The highest BCUT2D eigenvalue weighted by molar-refractivity contribution is 5.90.